The molecule has 0 N–H and O–H groups in total. The third kappa shape index (κ3) is 2.48. The molecule has 19 heavy (non-hydrogen) atoms. The first-order valence-electron chi connectivity index (χ1n) is 8.24. The van der Waals surface area contributed by atoms with Gasteiger partial charge in [0.05, 0.1) is 6.10 Å². The average Bonchev–Trinajstić information content (AvgIpc) is 2.48. The van der Waals surface area contributed by atoms with Crippen molar-refractivity contribution in [1.29, 1.82) is 0 Å². The van der Waals surface area contributed by atoms with E-state index in [1.807, 2.05) is 7.11 Å². The molecule has 0 aromatic carbocycles. The lowest BCUT2D eigenvalue weighted by atomic mass is 9.65. The highest BCUT2D eigenvalue weighted by Gasteiger charge is 2.58. The van der Waals surface area contributed by atoms with Crippen LogP contribution in [0.3, 0.4) is 0 Å². The van der Waals surface area contributed by atoms with Gasteiger partial charge < -0.3 is 4.74 Å². The summed E-state index contributed by atoms with van der Waals surface area (Å²) in [7, 11) is 1.85. The van der Waals surface area contributed by atoms with Crippen molar-refractivity contribution in [2.45, 2.75) is 73.3 Å². The molecule has 2 aliphatic carbocycles. The summed E-state index contributed by atoms with van der Waals surface area (Å²) in [5.74, 6) is 3.57. The normalized spacial score (nSPS) is 41.8. The van der Waals surface area contributed by atoms with Crippen LogP contribution < -0.4 is 0 Å². The monoisotopic (exact) mass is 266 g/mol. The molecule has 1 nitrogen and oxygen atoms in total. The van der Waals surface area contributed by atoms with E-state index in [0.717, 1.165) is 23.7 Å². The molecule has 5 atom stereocenters. The molecule has 0 aromatic rings. The number of fused-ring (bicyclic) bond motifs is 1. The fraction of sp³-hybridized carbons (Fsp3) is 1.00. The molecule has 0 aromatic heterocycles. The maximum absolute atomic E-state index is 5.48. The van der Waals surface area contributed by atoms with E-state index >= 15 is 0 Å². The fourth-order valence-electron chi connectivity index (χ4n) is 5.35. The van der Waals surface area contributed by atoms with Gasteiger partial charge in [-0.05, 0) is 60.7 Å². The van der Waals surface area contributed by atoms with E-state index in [9.17, 15) is 0 Å². The lowest BCUT2D eigenvalue weighted by Gasteiger charge is -2.41. The van der Waals surface area contributed by atoms with Gasteiger partial charge in [0.1, 0.15) is 0 Å². The molecule has 2 fully saturated rings. The first-order valence-corrected chi connectivity index (χ1v) is 8.24. The zero-order valence-electron chi connectivity index (χ0n) is 14.1. The number of rotatable bonds is 3. The van der Waals surface area contributed by atoms with E-state index in [4.69, 9.17) is 4.74 Å². The standard InChI is InChI=1S/C18H34O/c1-12(19-7)10-14-8-9-15-16(11-14)18(5,6)13(2)17(15,3)4/h12-16H,8-11H2,1-7H3. The third-order valence-corrected chi connectivity index (χ3v) is 7.17. The quantitative estimate of drug-likeness (QED) is 0.686. The maximum atomic E-state index is 5.48. The molecule has 0 saturated heterocycles. The van der Waals surface area contributed by atoms with Crippen LogP contribution in [-0.4, -0.2) is 13.2 Å². The van der Waals surface area contributed by atoms with Gasteiger partial charge in [0.2, 0.25) is 0 Å². The summed E-state index contributed by atoms with van der Waals surface area (Å²) in [4.78, 5) is 0. The average molecular weight is 266 g/mol. The van der Waals surface area contributed by atoms with Crippen molar-refractivity contribution >= 4 is 0 Å². The molecule has 5 unspecified atom stereocenters. The first-order chi connectivity index (χ1) is 8.71. The summed E-state index contributed by atoms with van der Waals surface area (Å²) in [5, 5.41) is 0. The molecule has 0 radical (unpaired) electrons. The van der Waals surface area contributed by atoms with Crippen molar-refractivity contribution in [3.05, 3.63) is 0 Å². The Hall–Kier alpha value is -0.0400. The summed E-state index contributed by atoms with van der Waals surface area (Å²) in [6, 6.07) is 0. The highest BCUT2D eigenvalue weighted by atomic mass is 16.5. The van der Waals surface area contributed by atoms with Gasteiger partial charge in [0, 0.05) is 7.11 Å². The highest BCUT2D eigenvalue weighted by Crippen LogP contribution is 2.65. The Labute approximate surface area is 120 Å². The van der Waals surface area contributed by atoms with E-state index in [1.165, 1.54) is 25.7 Å². The lowest BCUT2D eigenvalue weighted by molar-refractivity contribution is 0.0505. The van der Waals surface area contributed by atoms with E-state index < -0.39 is 0 Å². The van der Waals surface area contributed by atoms with Gasteiger partial charge in [-0.1, -0.05) is 41.0 Å². The molecule has 0 spiro atoms. The molecule has 1 heteroatoms. The number of methoxy groups -OCH3 is 1. The van der Waals surface area contributed by atoms with Crippen molar-refractivity contribution in [2.24, 2.45) is 34.5 Å². The predicted molar refractivity (Wildman–Crippen MR) is 82.1 cm³/mol. The van der Waals surface area contributed by atoms with Crippen LogP contribution in [0.25, 0.3) is 0 Å². The Morgan fingerprint density at radius 3 is 2.21 bits per heavy atom. The van der Waals surface area contributed by atoms with Crippen LogP contribution >= 0.6 is 0 Å². The zero-order chi connectivity index (χ0) is 14.4. The minimum atomic E-state index is 0.427. The van der Waals surface area contributed by atoms with Crippen molar-refractivity contribution in [2.75, 3.05) is 7.11 Å². The third-order valence-electron chi connectivity index (χ3n) is 7.17. The van der Waals surface area contributed by atoms with Crippen molar-refractivity contribution < 1.29 is 4.74 Å². The van der Waals surface area contributed by atoms with Crippen LogP contribution in [0.4, 0.5) is 0 Å². The second-order valence-electron chi connectivity index (χ2n) is 8.54. The highest BCUT2D eigenvalue weighted by molar-refractivity contribution is 5.06. The fourth-order valence-corrected chi connectivity index (χ4v) is 5.35. The SMILES string of the molecule is COC(C)CC1CCC2C(C1)C(C)(C)C(C)C2(C)C. The van der Waals surface area contributed by atoms with E-state index in [2.05, 4.69) is 41.5 Å². The summed E-state index contributed by atoms with van der Waals surface area (Å²) in [6.07, 6.45) is 5.97. The smallest absolute Gasteiger partial charge is 0.0545 e. The van der Waals surface area contributed by atoms with Gasteiger partial charge in [-0.15, -0.1) is 0 Å². The Kier molecular flexibility index (Phi) is 4.09. The van der Waals surface area contributed by atoms with Crippen LogP contribution in [0, 0.1) is 34.5 Å². The lowest BCUT2D eigenvalue weighted by Crippen LogP contribution is -2.33. The molecule has 2 aliphatic rings. The van der Waals surface area contributed by atoms with Crippen molar-refractivity contribution in [3.63, 3.8) is 0 Å². The van der Waals surface area contributed by atoms with E-state index in [-0.39, 0.29) is 0 Å². The molecule has 2 rings (SSSR count). The van der Waals surface area contributed by atoms with Gasteiger partial charge in [-0.25, -0.2) is 0 Å². The van der Waals surface area contributed by atoms with Gasteiger partial charge in [-0.3, -0.25) is 0 Å². The Balaban J connectivity index is 2.11. The molecule has 0 bridgehead atoms. The van der Waals surface area contributed by atoms with Gasteiger partial charge in [-0.2, -0.15) is 0 Å². The Bertz CT molecular complexity index is 318. The topological polar surface area (TPSA) is 9.23 Å². The summed E-state index contributed by atoms with van der Waals surface area (Å²) in [5.41, 5.74) is 1.02. The summed E-state index contributed by atoms with van der Waals surface area (Å²) < 4.78 is 5.48. The van der Waals surface area contributed by atoms with Crippen LogP contribution in [0.15, 0.2) is 0 Å². The first kappa shape index (κ1) is 15.4. The van der Waals surface area contributed by atoms with Crippen LogP contribution in [-0.2, 0) is 4.74 Å². The Morgan fingerprint density at radius 1 is 1.05 bits per heavy atom. The molecule has 0 aliphatic heterocycles. The maximum Gasteiger partial charge on any atom is 0.0545 e. The van der Waals surface area contributed by atoms with Crippen LogP contribution in [0.5, 0.6) is 0 Å². The molecule has 0 heterocycles. The van der Waals surface area contributed by atoms with Crippen molar-refractivity contribution in [3.8, 4) is 0 Å². The molecule has 2 saturated carbocycles. The molecule has 0 amide bonds. The van der Waals surface area contributed by atoms with Gasteiger partial charge >= 0.3 is 0 Å². The van der Waals surface area contributed by atoms with Crippen LogP contribution in [0.1, 0.15) is 67.2 Å². The summed E-state index contributed by atoms with van der Waals surface area (Å²) >= 11 is 0. The second kappa shape index (κ2) is 5.06. The predicted octanol–water partition coefficient (Wildman–Crippen LogP) is 5.15. The number of ether oxygens (including phenoxy) is 1. The van der Waals surface area contributed by atoms with E-state index in [1.54, 1.807) is 0 Å². The van der Waals surface area contributed by atoms with Gasteiger partial charge in [0.15, 0.2) is 0 Å². The largest absolute Gasteiger partial charge is 0.382 e. The minimum Gasteiger partial charge on any atom is -0.382 e. The number of hydrogen-bond acceptors (Lipinski definition) is 1. The van der Waals surface area contributed by atoms with E-state index in [0.29, 0.717) is 16.9 Å². The van der Waals surface area contributed by atoms with Gasteiger partial charge in [0.25, 0.3) is 0 Å². The zero-order valence-corrected chi connectivity index (χ0v) is 14.1. The number of hydrogen-bond donors (Lipinski definition) is 0. The molecular weight excluding hydrogens is 232 g/mol. The van der Waals surface area contributed by atoms with Crippen LogP contribution in [0.2, 0.25) is 0 Å². The minimum absolute atomic E-state index is 0.427. The Morgan fingerprint density at radius 2 is 1.63 bits per heavy atom. The summed E-state index contributed by atoms with van der Waals surface area (Å²) in [6.45, 7) is 14.8. The molecular formula is C18H34O. The second-order valence-corrected chi connectivity index (χ2v) is 8.54. The van der Waals surface area contributed by atoms with Crippen molar-refractivity contribution in [1.82, 2.24) is 0 Å². The molecule has 112 valence electrons.